The van der Waals surface area contributed by atoms with Gasteiger partial charge in [0.15, 0.2) is 5.96 Å². The molecule has 0 aromatic carbocycles. The summed E-state index contributed by atoms with van der Waals surface area (Å²) >= 11 is 0. The molecule has 0 bridgehead atoms. The summed E-state index contributed by atoms with van der Waals surface area (Å²) in [6, 6.07) is 2.22. The van der Waals surface area contributed by atoms with E-state index in [4.69, 9.17) is 10.7 Å². The van der Waals surface area contributed by atoms with Gasteiger partial charge in [-0.3, -0.25) is 0 Å². The standard InChI is InChI=1S/C15H24N6.HI/c1-15(2)5-4-12(15)19-13(16)20-8-10-21(11-9-20)14-17-6-3-7-18-14;/h3,6-7,12H,4-5,8-11H2,1-2H3,(H2,16,19);1H. The first kappa shape index (κ1) is 17.2. The van der Waals surface area contributed by atoms with Crippen molar-refractivity contribution in [2.75, 3.05) is 31.1 Å². The normalized spacial score (nSPS) is 24.5. The van der Waals surface area contributed by atoms with Crippen LogP contribution in [-0.4, -0.2) is 53.0 Å². The van der Waals surface area contributed by atoms with E-state index in [-0.39, 0.29) is 24.0 Å². The minimum atomic E-state index is 0. The Hall–Kier alpha value is -1.12. The van der Waals surface area contributed by atoms with Crippen molar-refractivity contribution < 1.29 is 0 Å². The summed E-state index contributed by atoms with van der Waals surface area (Å²) in [6.07, 6.45) is 5.96. The minimum Gasteiger partial charge on any atom is -0.370 e. The first-order chi connectivity index (χ1) is 10.1. The zero-order valence-corrected chi connectivity index (χ0v) is 15.6. The Morgan fingerprint density at radius 1 is 1.23 bits per heavy atom. The van der Waals surface area contributed by atoms with Gasteiger partial charge >= 0.3 is 0 Å². The van der Waals surface area contributed by atoms with Gasteiger partial charge in [-0.1, -0.05) is 13.8 Å². The predicted octanol–water partition coefficient (Wildman–Crippen LogP) is 1.72. The molecule has 0 amide bonds. The van der Waals surface area contributed by atoms with E-state index in [0.717, 1.165) is 38.5 Å². The first-order valence-corrected chi connectivity index (χ1v) is 7.66. The highest BCUT2D eigenvalue weighted by molar-refractivity contribution is 14.0. The molecule has 0 spiro atoms. The van der Waals surface area contributed by atoms with Crippen molar-refractivity contribution in [3.63, 3.8) is 0 Å². The maximum atomic E-state index is 6.19. The number of hydrogen-bond donors (Lipinski definition) is 1. The fourth-order valence-corrected chi connectivity index (χ4v) is 2.92. The van der Waals surface area contributed by atoms with Crippen LogP contribution in [0.2, 0.25) is 0 Å². The molecule has 2 heterocycles. The van der Waals surface area contributed by atoms with E-state index >= 15 is 0 Å². The number of guanidine groups is 1. The van der Waals surface area contributed by atoms with Gasteiger partial charge in [-0.05, 0) is 24.3 Å². The molecular formula is C15H25IN6. The number of anilines is 1. The average Bonchev–Trinajstić information content (AvgIpc) is 2.52. The molecule has 3 rings (SSSR count). The van der Waals surface area contributed by atoms with Crippen LogP contribution in [0.25, 0.3) is 0 Å². The number of halogens is 1. The summed E-state index contributed by atoms with van der Waals surface area (Å²) in [4.78, 5) is 17.7. The lowest BCUT2D eigenvalue weighted by Crippen LogP contribution is -2.52. The Balaban J connectivity index is 0.00000176. The summed E-state index contributed by atoms with van der Waals surface area (Å²) in [7, 11) is 0. The van der Waals surface area contributed by atoms with Gasteiger partial charge in [-0.25, -0.2) is 15.0 Å². The third kappa shape index (κ3) is 3.61. The molecule has 6 nitrogen and oxygen atoms in total. The molecule has 2 fully saturated rings. The van der Waals surface area contributed by atoms with Crippen molar-refractivity contribution in [3.8, 4) is 0 Å². The summed E-state index contributed by atoms with van der Waals surface area (Å²) in [5.41, 5.74) is 6.50. The van der Waals surface area contributed by atoms with E-state index in [1.807, 2.05) is 6.07 Å². The monoisotopic (exact) mass is 416 g/mol. The van der Waals surface area contributed by atoms with Gasteiger partial charge < -0.3 is 15.5 Å². The molecule has 1 aliphatic carbocycles. The second kappa shape index (κ2) is 6.97. The van der Waals surface area contributed by atoms with Gasteiger partial charge in [-0.15, -0.1) is 24.0 Å². The Kier molecular flexibility index (Phi) is 5.46. The quantitative estimate of drug-likeness (QED) is 0.452. The Labute approximate surface area is 149 Å². The van der Waals surface area contributed by atoms with E-state index in [0.29, 0.717) is 17.4 Å². The number of piperazine rings is 1. The number of aliphatic imine (C=N–C) groups is 1. The number of hydrogen-bond acceptors (Lipinski definition) is 4. The van der Waals surface area contributed by atoms with Crippen molar-refractivity contribution in [1.82, 2.24) is 14.9 Å². The molecule has 122 valence electrons. The smallest absolute Gasteiger partial charge is 0.225 e. The Bertz CT molecular complexity index is 510. The topological polar surface area (TPSA) is 70.6 Å². The van der Waals surface area contributed by atoms with Crippen LogP contribution >= 0.6 is 24.0 Å². The Morgan fingerprint density at radius 3 is 2.36 bits per heavy atom. The molecule has 1 saturated heterocycles. The van der Waals surface area contributed by atoms with Crippen LogP contribution < -0.4 is 10.6 Å². The van der Waals surface area contributed by atoms with E-state index in [1.165, 1.54) is 6.42 Å². The van der Waals surface area contributed by atoms with Crippen molar-refractivity contribution in [2.24, 2.45) is 16.1 Å². The van der Waals surface area contributed by atoms with Crippen LogP contribution in [0.4, 0.5) is 5.95 Å². The first-order valence-electron chi connectivity index (χ1n) is 7.66. The summed E-state index contributed by atoms with van der Waals surface area (Å²) < 4.78 is 0. The molecule has 22 heavy (non-hydrogen) atoms. The SMILES string of the molecule is CC1(C)CCC1N=C(N)N1CCN(c2ncccn2)CC1.I. The molecule has 1 atom stereocenters. The van der Waals surface area contributed by atoms with Crippen molar-refractivity contribution >= 4 is 35.9 Å². The molecular weight excluding hydrogens is 391 g/mol. The third-order valence-electron chi connectivity index (χ3n) is 4.69. The fraction of sp³-hybridized carbons (Fsp3) is 0.667. The van der Waals surface area contributed by atoms with Gasteiger partial charge in [0.05, 0.1) is 6.04 Å². The summed E-state index contributed by atoms with van der Waals surface area (Å²) in [5, 5.41) is 0. The molecule has 1 aliphatic heterocycles. The largest absolute Gasteiger partial charge is 0.370 e. The second-order valence-corrected chi connectivity index (χ2v) is 6.55. The number of nitrogens with two attached hydrogens (primary N) is 1. The van der Waals surface area contributed by atoms with E-state index in [2.05, 4.69) is 33.6 Å². The molecule has 7 heteroatoms. The van der Waals surface area contributed by atoms with Gasteiger partial charge in [0, 0.05) is 38.6 Å². The van der Waals surface area contributed by atoms with Gasteiger partial charge in [0.1, 0.15) is 0 Å². The van der Waals surface area contributed by atoms with E-state index < -0.39 is 0 Å². The third-order valence-corrected chi connectivity index (χ3v) is 4.69. The lowest BCUT2D eigenvalue weighted by molar-refractivity contribution is 0.144. The molecule has 1 aromatic rings. The van der Waals surface area contributed by atoms with Crippen molar-refractivity contribution in [1.29, 1.82) is 0 Å². The van der Waals surface area contributed by atoms with Crippen LogP contribution in [0, 0.1) is 5.41 Å². The van der Waals surface area contributed by atoms with E-state index in [9.17, 15) is 0 Å². The predicted molar refractivity (Wildman–Crippen MR) is 99.7 cm³/mol. The molecule has 1 unspecified atom stereocenters. The fourth-order valence-electron chi connectivity index (χ4n) is 2.92. The highest BCUT2D eigenvalue weighted by Gasteiger charge is 2.38. The molecule has 2 N–H and O–H groups in total. The zero-order chi connectivity index (χ0) is 14.9. The second-order valence-electron chi connectivity index (χ2n) is 6.55. The van der Waals surface area contributed by atoms with Crippen LogP contribution in [0.15, 0.2) is 23.5 Å². The van der Waals surface area contributed by atoms with Gasteiger partial charge in [0.2, 0.25) is 5.95 Å². The zero-order valence-electron chi connectivity index (χ0n) is 13.3. The Morgan fingerprint density at radius 2 is 1.86 bits per heavy atom. The summed E-state index contributed by atoms with van der Waals surface area (Å²) in [5.74, 6) is 1.49. The lowest BCUT2D eigenvalue weighted by atomic mass is 9.68. The molecule has 0 radical (unpaired) electrons. The summed E-state index contributed by atoms with van der Waals surface area (Å²) in [6.45, 7) is 8.05. The minimum absolute atomic E-state index is 0. The van der Waals surface area contributed by atoms with Crippen molar-refractivity contribution in [3.05, 3.63) is 18.5 Å². The number of aromatic nitrogens is 2. The molecule has 1 saturated carbocycles. The molecule has 2 aliphatic rings. The molecule has 1 aromatic heterocycles. The van der Waals surface area contributed by atoms with Crippen LogP contribution in [0.3, 0.4) is 0 Å². The maximum Gasteiger partial charge on any atom is 0.225 e. The highest BCUT2D eigenvalue weighted by Crippen LogP contribution is 2.42. The number of rotatable bonds is 2. The number of nitrogens with zero attached hydrogens (tertiary/aromatic N) is 5. The maximum absolute atomic E-state index is 6.19. The van der Waals surface area contributed by atoms with Crippen molar-refractivity contribution in [2.45, 2.75) is 32.7 Å². The van der Waals surface area contributed by atoms with Gasteiger partial charge in [0.25, 0.3) is 0 Å². The van der Waals surface area contributed by atoms with Crippen LogP contribution in [0.5, 0.6) is 0 Å². The average molecular weight is 416 g/mol. The van der Waals surface area contributed by atoms with Crippen LogP contribution in [-0.2, 0) is 0 Å². The van der Waals surface area contributed by atoms with E-state index in [1.54, 1.807) is 12.4 Å². The van der Waals surface area contributed by atoms with Crippen LogP contribution in [0.1, 0.15) is 26.7 Å². The lowest BCUT2D eigenvalue weighted by Gasteiger charge is -2.43. The highest BCUT2D eigenvalue weighted by atomic mass is 127. The van der Waals surface area contributed by atoms with Gasteiger partial charge in [-0.2, -0.15) is 0 Å².